The summed E-state index contributed by atoms with van der Waals surface area (Å²) in [7, 11) is 4.44. The number of likely N-dealkylation sites (tertiary alicyclic amines) is 1. The standard InChI is InChI=1S/C24H25NO8/c1-31-16-9-6-14(7-10-16)22(28)20-21(15-8-11-17(32-2)18(13-15)33-3)25(24(30)23(20)29)12-4-5-19(26)27/h6-11,13,21,28H,4-5,12H2,1-3H3,(H,26,27)/p-1/b22-20+/t21-/m0/s1. The molecule has 1 fully saturated rings. The summed E-state index contributed by atoms with van der Waals surface area (Å²) in [4.78, 5) is 38.0. The summed E-state index contributed by atoms with van der Waals surface area (Å²) in [5.74, 6) is -1.92. The van der Waals surface area contributed by atoms with Gasteiger partial charge in [-0.2, -0.15) is 0 Å². The van der Waals surface area contributed by atoms with Gasteiger partial charge in [0.05, 0.1) is 32.9 Å². The van der Waals surface area contributed by atoms with Gasteiger partial charge < -0.3 is 34.1 Å². The number of nitrogens with zero attached hydrogens (tertiary/aromatic N) is 1. The number of amides is 1. The van der Waals surface area contributed by atoms with Gasteiger partial charge in [0.2, 0.25) is 0 Å². The van der Waals surface area contributed by atoms with Gasteiger partial charge in [0.1, 0.15) is 11.5 Å². The van der Waals surface area contributed by atoms with Gasteiger partial charge in [-0.25, -0.2) is 0 Å². The Morgan fingerprint density at radius 1 is 1.00 bits per heavy atom. The Kier molecular flexibility index (Phi) is 7.22. The fraction of sp³-hybridized carbons (Fsp3) is 0.292. The fourth-order valence-electron chi connectivity index (χ4n) is 3.78. The van der Waals surface area contributed by atoms with Gasteiger partial charge in [-0.15, -0.1) is 0 Å². The molecule has 0 unspecified atom stereocenters. The van der Waals surface area contributed by atoms with Crippen LogP contribution < -0.4 is 19.3 Å². The highest BCUT2D eigenvalue weighted by Crippen LogP contribution is 2.42. The SMILES string of the molecule is COc1ccc(/C(O)=C2\C(=O)C(=O)N(CCCC(=O)[O-])[C@H]2c2ccc(OC)c(OC)c2)cc1. The third-order valence-electron chi connectivity index (χ3n) is 5.41. The number of carboxylic acids is 1. The highest BCUT2D eigenvalue weighted by atomic mass is 16.5. The Hall–Kier alpha value is -4.01. The van der Waals surface area contributed by atoms with E-state index >= 15 is 0 Å². The lowest BCUT2D eigenvalue weighted by Crippen LogP contribution is -2.32. The van der Waals surface area contributed by atoms with Crippen molar-refractivity contribution in [2.75, 3.05) is 27.9 Å². The third kappa shape index (κ3) is 4.77. The number of benzene rings is 2. The van der Waals surface area contributed by atoms with Crippen molar-refractivity contribution in [3.63, 3.8) is 0 Å². The van der Waals surface area contributed by atoms with E-state index in [0.717, 1.165) is 0 Å². The topological polar surface area (TPSA) is 125 Å². The second kappa shape index (κ2) is 10.1. The van der Waals surface area contributed by atoms with Crippen molar-refractivity contribution in [1.82, 2.24) is 4.90 Å². The molecule has 0 aromatic heterocycles. The Labute approximate surface area is 190 Å². The Morgan fingerprint density at radius 3 is 2.24 bits per heavy atom. The highest BCUT2D eigenvalue weighted by Gasteiger charge is 2.46. The van der Waals surface area contributed by atoms with Crippen LogP contribution in [0, 0.1) is 0 Å². The van der Waals surface area contributed by atoms with E-state index in [-0.39, 0.29) is 30.7 Å². The number of aliphatic hydroxyl groups excluding tert-OH is 1. The summed E-state index contributed by atoms with van der Waals surface area (Å²) in [5.41, 5.74) is 0.718. The van der Waals surface area contributed by atoms with E-state index in [1.807, 2.05) is 0 Å². The molecule has 1 atom stereocenters. The Balaban J connectivity index is 2.13. The molecule has 3 rings (SSSR count). The molecule has 1 aliphatic heterocycles. The summed E-state index contributed by atoms with van der Waals surface area (Å²) >= 11 is 0. The molecule has 2 aromatic rings. The number of methoxy groups -OCH3 is 3. The summed E-state index contributed by atoms with van der Waals surface area (Å²) < 4.78 is 15.7. The number of Topliss-reactive ketones (excluding diaryl/α,β-unsaturated/α-hetero) is 1. The lowest BCUT2D eigenvalue weighted by atomic mass is 9.95. The lowest BCUT2D eigenvalue weighted by Gasteiger charge is -2.26. The fourth-order valence-corrected chi connectivity index (χ4v) is 3.78. The number of rotatable bonds is 9. The van der Waals surface area contributed by atoms with Gasteiger partial charge in [-0.05, 0) is 54.8 Å². The molecule has 0 saturated carbocycles. The predicted molar refractivity (Wildman–Crippen MR) is 116 cm³/mol. The van der Waals surface area contributed by atoms with Crippen LogP contribution in [0.25, 0.3) is 5.76 Å². The second-order valence-corrected chi connectivity index (χ2v) is 7.31. The largest absolute Gasteiger partial charge is 0.550 e. The van der Waals surface area contributed by atoms with Gasteiger partial charge in [0, 0.05) is 18.1 Å². The molecule has 33 heavy (non-hydrogen) atoms. The van der Waals surface area contributed by atoms with E-state index in [2.05, 4.69) is 0 Å². The molecule has 2 aromatic carbocycles. The zero-order chi connectivity index (χ0) is 24.1. The van der Waals surface area contributed by atoms with Gasteiger partial charge >= 0.3 is 0 Å². The summed E-state index contributed by atoms with van der Waals surface area (Å²) in [5, 5.41) is 21.9. The maximum atomic E-state index is 13.0. The van der Waals surface area contributed by atoms with Gasteiger partial charge in [0.25, 0.3) is 11.7 Å². The van der Waals surface area contributed by atoms with Gasteiger partial charge in [-0.3, -0.25) is 9.59 Å². The number of hydrogen-bond donors (Lipinski definition) is 1. The molecule has 174 valence electrons. The van der Waals surface area contributed by atoms with Crippen molar-refractivity contribution < 1.29 is 38.8 Å². The van der Waals surface area contributed by atoms with E-state index < -0.39 is 23.7 Å². The van der Waals surface area contributed by atoms with E-state index in [4.69, 9.17) is 14.2 Å². The molecule has 1 amide bonds. The van der Waals surface area contributed by atoms with E-state index in [1.54, 1.807) is 42.5 Å². The molecular weight excluding hydrogens is 430 g/mol. The molecule has 0 spiro atoms. The van der Waals surface area contributed by atoms with Crippen LogP contribution in [0.4, 0.5) is 0 Å². The van der Waals surface area contributed by atoms with Crippen molar-refractivity contribution in [2.24, 2.45) is 0 Å². The van der Waals surface area contributed by atoms with Gasteiger partial charge in [-0.1, -0.05) is 6.07 Å². The van der Waals surface area contributed by atoms with Crippen LogP contribution in [0.5, 0.6) is 17.2 Å². The molecule has 1 N–H and O–H groups in total. The number of hydrogen-bond acceptors (Lipinski definition) is 8. The van der Waals surface area contributed by atoms with Gasteiger partial charge in [0.15, 0.2) is 11.5 Å². The van der Waals surface area contributed by atoms with Crippen LogP contribution in [0.3, 0.4) is 0 Å². The first-order chi connectivity index (χ1) is 15.8. The van der Waals surface area contributed by atoms with Crippen molar-refractivity contribution in [2.45, 2.75) is 18.9 Å². The van der Waals surface area contributed by atoms with Crippen LogP contribution in [0.2, 0.25) is 0 Å². The predicted octanol–water partition coefficient (Wildman–Crippen LogP) is 1.66. The van der Waals surface area contributed by atoms with Crippen LogP contribution in [-0.2, 0) is 14.4 Å². The summed E-state index contributed by atoms with van der Waals surface area (Å²) in [6.45, 7) is -0.0169. The number of aliphatic carboxylic acids is 1. The van der Waals surface area contributed by atoms with Crippen molar-refractivity contribution >= 4 is 23.4 Å². The molecule has 0 radical (unpaired) electrons. The second-order valence-electron chi connectivity index (χ2n) is 7.31. The number of ether oxygens (including phenoxy) is 3. The number of carbonyl (C=O) groups is 3. The molecule has 0 bridgehead atoms. The first kappa shape index (κ1) is 23.6. The minimum Gasteiger partial charge on any atom is -0.550 e. The van der Waals surface area contributed by atoms with Crippen LogP contribution in [-0.4, -0.2) is 55.5 Å². The highest BCUT2D eigenvalue weighted by molar-refractivity contribution is 6.46. The zero-order valence-electron chi connectivity index (χ0n) is 18.5. The van der Waals surface area contributed by atoms with Crippen LogP contribution in [0.15, 0.2) is 48.0 Å². The summed E-state index contributed by atoms with van der Waals surface area (Å²) in [6, 6.07) is 10.3. The molecule has 1 saturated heterocycles. The number of ketones is 1. The molecule has 0 aliphatic carbocycles. The van der Waals surface area contributed by atoms with Crippen molar-refractivity contribution in [3.05, 3.63) is 59.2 Å². The maximum Gasteiger partial charge on any atom is 0.295 e. The quantitative estimate of drug-likeness (QED) is 0.345. The average Bonchev–Trinajstić information content (AvgIpc) is 3.08. The molecule has 1 aliphatic rings. The smallest absolute Gasteiger partial charge is 0.295 e. The zero-order valence-corrected chi connectivity index (χ0v) is 18.5. The summed E-state index contributed by atoms with van der Waals surface area (Å²) in [6.07, 6.45) is -0.193. The van der Waals surface area contributed by atoms with Crippen LogP contribution >= 0.6 is 0 Å². The first-order valence-electron chi connectivity index (χ1n) is 10.2. The number of carboxylic acid groups (broad SMARTS) is 1. The third-order valence-corrected chi connectivity index (χ3v) is 5.41. The van der Waals surface area contributed by atoms with Crippen molar-refractivity contribution in [3.8, 4) is 17.2 Å². The van der Waals surface area contributed by atoms with E-state index in [9.17, 15) is 24.6 Å². The average molecular weight is 454 g/mol. The normalized spacial score (nSPS) is 17.2. The van der Waals surface area contributed by atoms with Crippen LogP contribution in [0.1, 0.15) is 30.0 Å². The maximum absolute atomic E-state index is 13.0. The first-order valence-corrected chi connectivity index (χ1v) is 10.2. The number of carbonyl (C=O) groups excluding carboxylic acids is 3. The molecule has 9 nitrogen and oxygen atoms in total. The Morgan fingerprint density at radius 2 is 1.67 bits per heavy atom. The molecular formula is C24H24NO8-. The van der Waals surface area contributed by atoms with E-state index in [0.29, 0.717) is 28.4 Å². The molecule has 9 heteroatoms. The monoisotopic (exact) mass is 454 g/mol. The van der Waals surface area contributed by atoms with Crippen molar-refractivity contribution in [1.29, 1.82) is 0 Å². The Bertz CT molecular complexity index is 1090. The van der Waals surface area contributed by atoms with E-state index in [1.165, 1.54) is 26.2 Å². The minimum absolute atomic E-state index is 0.0169. The number of aliphatic hydroxyl groups is 1. The molecule has 1 heterocycles. The lowest BCUT2D eigenvalue weighted by molar-refractivity contribution is -0.305. The minimum atomic E-state index is -1.26.